The zero-order valence-electron chi connectivity index (χ0n) is 14.6. The number of ether oxygens (including phenoxy) is 3. The van der Waals surface area contributed by atoms with Crippen LogP contribution in [0.25, 0.3) is 0 Å². The van der Waals surface area contributed by atoms with Gasteiger partial charge in [0.05, 0.1) is 6.61 Å². The number of carbonyl (C=O) groups is 2. The van der Waals surface area contributed by atoms with Crippen molar-refractivity contribution in [2.45, 2.75) is 32.3 Å². The van der Waals surface area contributed by atoms with Gasteiger partial charge >= 0.3 is 6.09 Å². The van der Waals surface area contributed by atoms with E-state index < -0.39 is 11.9 Å². The molecule has 2 saturated heterocycles. The number of carbonyl (C=O) groups excluding carboxylic acids is 2. The minimum absolute atomic E-state index is 0.0323. The Kier molecular flexibility index (Phi) is 5.24. The van der Waals surface area contributed by atoms with Gasteiger partial charge in [-0.1, -0.05) is 30.3 Å². The zero-order chi connectivity index (χ0) is 17.9. The van der Waals surface area contributed by atoms with Gasteiger partial charge in [-0.3, -0.25) is 9.69 Å². The minimum Gasteiger partial charge on any atom is -0.445 e. The van der Waals surface area contributed by atoms with E-state index in [0.29, 0.717) is 26.2 Å². The number of hydrogen-bond acceptors (Lipinski definition) is 5. The number of piperazine rings is 1. The molecule has 2 aliphatic rings. The molecule has 0 unspecified atom stereocenters. The second-order valence-corrected chi connectivity index (χ2v) is 6.75. The van der Waals surface area contributed by atoms with E-state index in [2.05, 4.69) is 0 Å². The van der Waals surface area contributed by atoms with Gasteiger partial charge in [-0.05, 0) is 19.4 Å². The second-order valence-electron chi connectivity index (χ2n) is 6.75. The van der Waals surface area contributed by atoms with Crippen LogP contribution in [0.1, 0.15) is 19.4 Å². The number of benzene rings is 1. The predicted octanol–water partition coefficient (Wildman–Crippen LogP) is 1.62. The van der Waals surface area contributed by atoms with Crippen molar-refractivity contribution in [1.29, 1.82) is 0 Å². The van der Waals surface area contributed by atoms with Crippen molar-refractivity contribution in [1.82, 2.24) is 9.80 Å². The van der Waals surface area contributed by atoms with Gasteiger partial charge < -0.3 is 19.1 Å². The number of rotatable bonds is 4. The van der Waals surface area contributed by atoms with Crippen LogP contribution in [0.15, 0.2) is 30.3 Å². The molecule has 1 aromatic rings. The molecule has 1 atom stereocenters. The minimum atomic E-state index is -0.600. The molecule has 0 saturated carbocycles. The van der Waals surface area contributed by atoms with E-state index in [9.17, 15) is 9.59 Å². The highest BCUT2D eigenvalue weighted by atomic mass is 16.7. The van der Waals surface area contributed by atoms with Gasteiger partial charge in [0.15, 0.2) is 5.79 Å². The summed E-state index contributed by atoms with van der Waals surface area (Å²) in [6.45, 7) is 5.83. The fourth-order valence-corrected chi connectivity index (χ4v) is 2.97. The lowest BCUT2D eigenvalue weighted by molar-refractivity contribution is -0.148. The summed E-state index contributed by atoms with van der Waals surface area (Å²) in [7, 11) is 0. The summed E-state index contributed by atoms with van der Waals surface area (Å²) in [5.41, 5.74) is 0.918. The van der Waals surface area contributed by atoms with Crippen LogP contribution in [0.4, 0.5) is 4.79 Å². The van der Waals surface area contributed by atoms with E-state index in [1.54, 1.807) is 4.90 Å². The molecule has 0 aromatic heterocycles. The largest absolute Gasteiger partial charge is 0.445 e. The van der Waals surface area contributed by atoms with Crippen LogP contribution in [0.3, 0.4) is 0 Å². The standard InChI is InChI=1S/C18H24N2O5/c1-18(2)24-13-15(25-18)10-19-8-9-20(11-16(19)21)17(22)23-12-14-6-4-3-5-7-14/h3-7,15H,8-13H2,1-2H3/t15-/m0/s1. The smallest absolute Gasteiger partial charge is 0.410 e. The molecule has 2 heterocycles. The molecule has 0 radical (unpaired) electrons. The molecular formula is C18H24N2O5. The van der Waals surface area contributed by atoms with E-state index in [1.807, 2.05) is 44.2 Å². The first kappa shape index (κ1) is 17.7. The number of nitrogens with zero attached hydrogens (tertiary/aromatic N) is 2. The van der Waals surface area contributed by atoms with Gasteiger partial charge in [0, 0.05) is 19.6 Å². The molecule has 2 fully saturated rings. The van der Waals surface area contributed by atoms with Gasteiger partial charge in [-0.15, -0.1) is 0 Å². The Morgan fingerprint density at radius 1 is 1.28 bits per heavy atom. The number of amides is 2. The van der Waals surface area contributed by atoms with Crippen molar-refractivity contribution in [2.24, 2.45) is 0 Å². The quantitative estimate of drug-likeness (QED) is 0.827. The molecule has 2 aliphatic heterocycles. The fourth-order valence-electron chi connectivity index (χ4n) is 2.97. The third-order valence-electron chi connectivity index (χ3n) is 4.27. The van der Waals surface area contributed by atoms with Gasteiger partial charge in [0.25, 0.3) is 0 Å². The molecule has 0 spiro atoms. The Labute approximate surface area is 147 Å². The SMILES string of the molecule is CC1(C)OC[C@H](CN2CCN(C(=O)OCc3ccccc3)CC2=O)O1. The fraction of sp³-hybridized carbons (Fsp3) is 0.556. The van der Waals surface area contributed by atoms with Crippen LogP contribution < -0.4 is 0 Å². The Morgan fingerprint density at radius 2 is 2.04 bits per heavy atom. The average Bonchev–Trinajstić information content (AvgIpc) is 2.94. The normalized spacial score (nSPS) is 23.0. The van der Waals surface area contributed by atoms with Crippen molar-refractivity contribution < 1.29 is 23.8 Å². The van der Waals surface area contributed by atoms with Crippen LogP contribution >= 0.6 is 0 Å². The monoisotopic (exact) mass is 348 g/mol. The first-order valence-electron chi connectivity index (χ1n) is 8.48. The Bertz CT molecular complexity index is 619. The molecule has 0 N–H and O–H groups in total. The molecule has 1 aromatic carbocycles. The van der Waals surface area contributed by atoms with Crippen molar-refractivity contribution in [3.05, 3.63) is 35.9 Å². The molecule has 0 bridgehead atoms. The van der Waals surface area contributed by atoms with Crippen LogP contribution in [-0.2, 0) is 25.6 Å². The molecule has 2 amide bonds. The highest BCUT2D eigenvalue weighted by Crippen LogP contribution is 2.23. The molecule has 25 heavy (non-hydrogen) atoms. The molecule has 3 rings (SSSR count). The summed E-state index contributed by atoms with van der Waals surface area (Å²) in [5, 5.41) is 0. The summed E-state index contributed by atoms with van der Waals surface area (Å²) >= 11 is 0. The maximum absolute atomic E-state index is 12.3. The van der Waals surface area contributed by atoms with E-state index in [4.69, 9.17) is 14.2 Å². The summed E-state index contributed by atoms with van der Waals surface area (Å²) in [5.74, 6) is -0.701. The predicted molar refractivity (Wildman–Crippen MR) is 89.7 cm³/mol. The highest BCUT2D eigenvalue weighted by Gasteiger charge is 2.36. The Hall–Kier alpha value is -2.12. The van der Waals surface area contributed by atoms with E-state index in [0.717, 1.165) is 5.56 Å². The first-order valence-corrected chi connectivity index (χ1v) is 8.48. The molecule has 7 nitrogen and oxygen atoms in total. The van der Waals surface area contributed by atoms with Crippen molar-refractivity contribution in [2.75, 3.05) is 32.8 Å². The topological polar surface area (TPSA) is 68.3 Å². The number of hydrogen-bond donors (Lipinski definition) is 0. The molecule has 0 aliphatic carbocycles. The van der Waals surface area contributed by atoms with E-state index in [1.165, 1.54) is 4.90 Å². The average molecular weight is 348 g/mol. The van der Waals surface area contributed by atoms with Gasteiger partial charge in [-0.25, -0.2) is 4.79 Å². The third kappa shape index (κ3) is 4.70. The summed E-state index contributed by atoms with van der Waals surface area (Å²) in [4.78, 5) is 27.6. The van der Waals surface area contributed by atoms with Gasteiger partial charge in [0.1, 0.15) is 19.3 Å². The maximum Gasteiger partial charge on any atom is 0.410 e. The maximum atomic E-state index is 12.3. The Balaban J connectivity index is 1.45. The third-order valence-corrected chi connectivity index (χ3v) is 4.27. The van der Waals surface area contributed by atoms with Crippen LogP contribution in [-0.4, -0.2) is 66.5 Å². The van der Waals surface area contributed by atoms with E-state index in [-0.39, 0.29) is 25.2 Å². The highest BCUT2D eigenvalue weighted by molar-refractivity contribution is 5.83. The van der Waals surface area contributed by atoms with Crippen molar-refractivity contribution >= 4 is 12.0 Å². The lowest BCUT2D eigenvalue weighted by Crippen LogP contribution is -2.54. The molecule has 136 valence electrons. The summed E-state index contributed by atoms with van der Waals surface area (Å²) in [6, 6.07) is 9.47. The second kappa shape index (κ2) is 7.41. The lowest BCUT2D eigenvalue weighted by Gasteiger charge is -2.34. The van der Waals surface area contributed by atoms with Gasteiger partial charge in [-0.2, -0.15) is 0 Å². The van der Waals surface area contributed by atoms with Gasteiger partial charge in [0.2, 0.25) is 5.91 Å². The van der Waals surface area contributed by atoms with Crippen molar-refractivity contribution in [3.63, 3.8) is 0 Å². The summed E-state index contributed by atoms with van der Waals surface area (Å²) < 4.78 is 16.5. The van der Waals surface area contributed by atoms with Crippen LogP contribution in [0.5, 0.6) is 0 Å². The zero-order valence-corrected chi connectivity index (χ0v) is 14.6. The van der Waals surface area contributed by atoms with E-state index >= 15 is 0 Å². The van der Waals surface area contributed by atoms with Crippen LogP contribution in [0.2, 0.25) is 0 Å². The lowest BCUT2D eigenvalue weighted by atomic mass is 10.2. The van der Waals surface area contributed by atoms with Crippen molar-refractivity contribution in [3.8, 4) is 0 Å². The molecular weight excluding hydrogens is 324 g/mol. The first-order chi connectivity index (χ1) is 11.9. The summed E-state index contributed by atoms with van der Waals surface area (Å²) in [6.07, 6.45) is -0.589. The molecule has 7 heteroatoms. The van der Waals surface area contributed by atoms with Crippen LogP contribution in [0, 0.1) is 0 Å². The Morgan fingerprint density at radius 3 is 2.68 bits per heavy atom.